The minimum atomic E-state index is -1.10. The van der Waals surface area contributed by atoms with Crippen molar-refractivity contribution in [2.75, 3.05) is 6.61 Å². The second-order valence-corrected chi connectivity index (χ2v) is 3.65. The van der Waals surface area contributed by atoms with Crippen LogP contribution in [0.5, 0.6) is 0 Å². The third-order valence-corrected chi connectivity index (χ3v) is 2.46. The van der Waals surface area contributed by atoms with E-state index in [2.05, 4.69) is 0 Å². The summed E-state index contributed by atoms with van der Waals surface area (Å²) < 4.78 is 4.77. The van der Waals surface area contributed by atoms with Gasteiger partial charge in [0.2, 0.25) is 0 Å². The topological polar surface area (TPSA) is 46.5 Å². The first-order valence-corrected chi connectivity index (χ1v) is 5.74. The highest BCUT2D eigenvalue weighted by Crippen LogP contribution is 2.20. The Morgan fingerprint density at radius 2 is 2.06 bits per heavy atom. The number of rotatable bonds is 5. The van der Waals surface area contributed by atoms with Crippen LogP contribution in [0.3, 0.4) is 0 Å². The molecular weight excluding hydrogens is 216 g/mol. The van der Waals surface area contributed by atoms with Crippen molar-refractivity contribution in [3.8, 4) is 0 Å². The molecule has 1 N–H and O–H groups in total. The van der Waals surface area contributed by atoms with E-state index in [1.165, 1.54) is 0 Å². The van der Waals surface area contributed by atoms with Gasteiger partial charge in [-0.25, -0.2) is 4.79 Å². The molecule has 0 amide bonds. The third-order valence-electron chi connectivity index (χ3n) is 2.46. The van der Waals surface area contributed by atoms with Gasteiger partial charge in [-0.3, -0.25) is 0 Å². The lowest BCUT2D eigenvalue weighted by molar-refractivity contribution is -0.152. The van der Waals surface area contributed by atoms with Crippen molar-refractivity contribution < 1.29 is 14.6 Å². The summed E-state index contributed by atoms with van der Waals surface area (Å²) >= 11 is 0. The summed E-state index contributed by atoms with van der Waals surface area (Å²) in [6.07, 6.45) is 1.08. The lowest BCUT2D eigenvalue weighted by atomic mass is 10.00. The van der Waals surface area contributed by atoms with Crippen molar-refractivity contribution in [3.05, 3.63) is 42.0 Å². The molecule has 0 bridgehead atoms. The van der Waals surface area contributed by atoms with E-state index >= 15 is 0 Å². The third kappa shape index (κ3) is 4.04. The van der Waals surface area contributed by atoms with E-state index in [9.17, 15) is 9.90 Å². The van der Waals surface area contributed by atoms with Crippen LogP contribution in [0.4, 0.5) is 0 Å². The molecule has 3 heteroatoms. The Labute approximate surface area is 102 Å². The fraction of sp³-hybridized carbons (Fsp3) is 0.357. The summed E-state index contributed by atoms with van der Waals surface area (Å²) in [6, 6.07) is 9.68. The molecule has 0 heterocycles. The Morgan fingerprint density at radius 3 is 2.59 bits per heavy atom. The highest BCUT2D eigenvalue weighted by Gasteiger charge is 2.18. The van der Waals surface area contributed by atoms with Crippen LogP contribution in [0, 0.1) is 0 Å². The van der Waals surface area contributed by atoms with Gasteiger partial charge in [-0.05, 0) is 25.0 Å². The van der Waals surface area contributed by atoms with Gasteiger partial charge in [0.05, 0.1) is 6.61 Å². The number of hydrogen-bond donors (Lipinski definition) is 1. The molecule has 0 radical (unpaired) electrons. The summed E-state index contributed by atoms with van der Waals surface area (Å²) in [6.45, 7) is 3.89. The van der Waals surface area contributed by atoms with Crippen LogP contribution in [-0.4, -0.2) is 23.8 Å². The van der Waals surface area contributed by atoms with Crippen LogP contribution in [0.1, 0.15) is 25.8 Å². The summed E-state index contributed by atoms with van der Waals surface area (Å²) in [7, 11) is 0. The Hall–Kier alpha value is -1.61. The van der Waals surface area contributed by atoms with E-state index in [0.29, 0.717) is 0 Å². The second-order valence-electron chi connectivity index (χ2n) is 3.65. The maximum Gasteiger partial charge on any atom is 0.335 e. The molecule has 0 aliphatic heterocycles. The fourth-order valence-corrected chi connectivity index (χ4v) is 1.58. The van der Waals surface area contributed by atoms with E-state index in [-0.39, 0.29) is 13.0 Å². The maximum absolute atomic E-state index is 11.3. The Bertz CT molecular complexity index is 382. The van der Waals surface area contributed by atoms with E-state index in [1.807, 2.05) is 43.3 Å². The van der Waals surface area contributed by atoms with Gasteiger partial charge < -0.3 is 9.84 Å². The molecule has 0 spiro atoms. The molecular formula is C14H18O3. The van der Waals surface area contributed by atoms with Gasteiger partial charge in [-0.2, -0.15) is 0 Å². The molecule has 0 saturated heterocycles. The minimum absolute atomic E-state index is 0.277. The molecule has 92 valence electrons. The maximum atomic E-state index is 11.3. The van der Waals surface area contributed by atoms with Gasteiger partial charge in [-0.15, -0.1) is 0 Å². The number of aliphatic hydroxyl groups is 1. The molecule has 1 atom stereocenters. The second kappa shape index (κ2) is 6.86. The highest BCUT2D eigenvalue weighted by molar-refractivity contribution is 5.78. The lowest BCUT2D eigenvalue weighted by Gasteiger charge is -2.12. The largest absolute Gasteiger partial charge is 0.464 e. The summed E-state index contributed by atoms with van der Waals surface area (Å²) in [5.74, 6) is -0.567. The average molecular weight is 234 g/mol. The van der Waals surface area contributed by atoms with Gasteiger partial charge in [0.15, 0.2) is 6.10 Å². The van der Waals surface area contributed by atoms with Crippen molar-refractivity contribution >= 4 is 11.5 Å². The molecule has 17 heavy (non-hydrogen) atoms. The fourth-order valence-electron chi connectivity index (χ4n) is 1.58. The summed E-state index contributed by atoms with van der Waals surface area (Å²) in [4.78, 5) is 11.3. The highest BCUT2D eigenvalue weighted by atomic mass is 16.5. The molecule has 0 fully saturated rings. The zero-order chi connectivity index (χ0) is 12.7. The van der Waals surface area contributed by atoms with Crippen LogP contribution >= 0.6 is 0 Å². The van der Waals surface area contributed by atoms with E-state index in [0.717, 1.165) is 11.1 Å². The number of hydrogen-bond acceptors (Lipinski definition) is 3. The number of esters is 1. The van der Waals surface area contributed by atoms with Gasteiger partial charge in [0, 0.05) is 6.42 Å². The quantitative estimate of drug-likeness (QED) is 0.796. The average Bonchev–Trinajstić information content (AvgIpc) is 2.37. The normalized spacial score (nSPS) is 13.2. The molecule has 0 saturated carbocycles. The van der Waals surface area contributed by atoms with Crippen LogP contribution in [0.25, 0.3) is 5.57 Å². The monoisotopic (exact) mass is 234 g/mol. The van der Waals surface area contributed by atoms with Crippen molar-refractivity contribution in [1.29, 1.82) is 0 Å². The number of carbonyl (C=O) groups is 1. The molecule has 0 aliphatic carbocycles. The number of aliphatic hydroxyl groups excluding tert-OH is 1. The van der Waals surface area contributed by atoms with Crippen molar-refractivity contribution in [2.24, 2.45) is 0 Å². The van der Waals surface area contributed by atoms with Gasteiger partial charge in [-0.1, -0.05) is 36.4 Å². The predicted molar refractivity (Wildman–Crippen MR) is 67.3 cm³/mol. The number of ether oxygens (including phenoxy) is 1. The number of allylic oxidation sites excluding steroid dienone is 1. The van der Waals surface area contributed by atoms with Gasteiger partial charge >= 0.3 is 5.97 Å². The van der Waals surface area contributed by atoms with Crippen LogP contribution in [0.2, 0.25) is 0 Å². The molecule has 3 nitrogen and oxygen atoms in total. The molecule has 1 aromatic carbocycles. The first-order valence-electron chi connectivity index (χ1n) is 5.74. The number of carbonyl (C=O) groups excluding carboxylic acids is 1. The van der Waals surface area contributed by atoms with E-state index in [1.54, 1.807) is 6.92 Å². The zero-order valence-electron chi connectivity index (χ0n) is 10.2. The van der Waals surface area contributed by atoms with E-state index < -0.39 is 12.1 Å². The predicted octanol–water partition coefficient (Wildman–Crippen LogP) is 2.40. The standard InChI is InChI=1S/C14H18O3/c1-3-11(12-8-6-5-7-9-12)10-13(15)14(16)17-4-2/h3,5-9,13,15H,4,10H2,1-2H3/b11-3-. The summed E-state index contributed by atoms with van der Waals surface area (Å²) in [5.41, 5.74) is 1.95. The lowest BCUT2D eigenvalue weighted by Crippen LogP contribution is -2.23. The Balaban J connectivity index is 2.69. The summed E-state index contributed by atoms with van der Waals surface area (Å²) in [5, 5.41) is 9.70. The zero-order valence-corrected chi connectivity index (χ0v) is 10.2. The molecule has 1 unspecified atom stereocenters. The smallest absolute Gasteiger partial charge is 0.335 e. The van der Waals surface area contributed by atoms with E-state index in [4.69, 9.17) is 4.74 Å². The number of benzene rings is 1. The van der Waals surface area contributed by atoms with Crippen molar-refractivity contribution in [2.45, 2.75) is 26.4 Å². The molecule has 0 aliphatic rings. The molecule has 0 aromatic heterocycles. The van der Waals surface area contributed by atoms with Crippen LogP contribution in [0.15, 0.2) is 36.4 Å². The van der Waals surface area contributed by atoms with Crippen LogP contribution in [-0.2, 0) is 9.53 Å². The first kappa shape index (κ1) is 13.5. The van der Waals surface area contributed by atoms with Crippen molar-refractivity contribution in [3.63, 3.8) is 0 Å². The van der Waals surface area contributed by atoms with Crippen LogP contribution < -0.4 is 0 Å². The van der Waals surface area contributed by atoms with Gasteiger partial charge in [0.25, 0.3) is 0 Å². The molecule has 1 rings (SSSR count). The first-order chi connectivity index (χ1) is 8.19. The van der Waals surface area contributed by atoms with Crippen molar-refractivity contribution in [1.82, 2.24) is 0 Å². The minimum Gasteiger partial charge on any atom is -0.464 e. The Kier molecular flexibility index (Phi) is 5.43. The Morgan fingerprint density at radius 1 is 1.41 bits per heavy atom. The van der Waals surface area contributed by atoms with Gasteiger partial charge in [0.1, 0.15) is 0 Å². The molecule has 1 aromatic rings. The SMILES string of the molecule is C/C=C(/CC(O)C(=O)OCC)c1ccccc1.